The van der Waals surface area contributed by atoms with E-state index in [1.807, 2.05) is 49.4 Å². The maximum atomic E-state index is 12.8. The first-order valence-electron chi connectivity index (χ1n) is 10.1. The first-order valence-corrected chi connectivity index (χ1v) is 10.1. The molecule has 0 aliphatic heterocycles. The third-order valence-electron chi connectivity index (χ3n) is 5.05. The van der Waals surface area contributed by atoms with E-state index in [4.69, 9.17) is 0 Å². The van der Waals surface area contributed by atoms with E-state index in [0.717, 1.165) is 11.3 Å². The highest BCUT2D eigenvalue weighted by molar-refractivity contribution is 6.09. The van der Waals surface area contributed by atoms with Gasteiger partial charge in [-0.3, -0.25) is 9.59 Å². The van der Waals surface area contributed by atoms with Crippen LogP contribution in [0.15, 0.2) is 73.1 Å². The molecule has 0 saturated heterocycles. The summed E-state index contributed by atoms with van der Waals surface area (Å²) in [5.74, 6) is -0.241. The zero-order chi connectivity index (χ0) is 21.8. The quantitative estimate of drug-likeness (QED) is 0.520. The minimum Gasteiger partial charge on any atom is -0.322 e. The fourth-order valence-corrected chi connectivity index (χ4v) is 3.54. The van der Waals surface area contributed by atoms with Crippen LogP contribution in [0.25, 0.3) is 5.65 Å². The Morgan fingerprint density at radius 2 is 1.77 bits per heavy atom. The summed E-state index contributed by atoms with van der Waals surface area (Å²) in [5.41, 5.74) is 3.98. The van der Waals surface area contributed by atoms with E-state index in [-0.39, 0.29) is 18.2 Å². The van der Waals surface area contributed by atoms with Crippen molar-refractivity contribution in [2.45, 2.75) is 20.3 Å². The van der Waals surface area contributed by atoms with Crippen LogP contribution in [0.2, 0.25) is 0 Å². The summed E-state index contributed by atoms with van der Waals surface area (Å²) in [6, 6.07) is 18.7. The van der Waals surface area contributed by atoms with Crippen molar-refractivity contribution in [1.82, 2.24) is 14.6 Å². The Morgan fingerprint density at radius 1 is 1.03 bits per heavy atom. The van der Waals surface area contributed by atoms with Crippen LogP contribution in [0.1, 0.15) is 28.5 Å². The van der Waals surface area contributed by atoms with E-state index in [1.54, 1.807) is 46.9 Å². The van der Waals surface area contributed by atoms with Crippen molar-refractivity contribution in [3.05, 3.63) is 89.9 Å². The van der Waals surface area contributed by atoms with Crippen LogP contribution in [-0.2, 0) is 11.2 Å². The fraction of sp³-hybridized carbons (Fsp3) is 0.167. The van der Waals surface area contributed by atoms with Crippen molar-refractivity contribution in [3.8, 4) is 0 Å². The molecule has 4 aromatic rings. The Kier molecular flexibility index (Phi) is 5.75. The second kappa shape index (κ2) is 8.79. The minimum absolute atomic E-state index is 0.0264. The van der Waals surface area contributed by atoms with Gasteiger partial charge in [0.25, 0.3) is 5.91 Å². The predicted molar refractivity (Wildman–Crippen MR) is 120 cm³/mol. The number of carbonyl (C=O) groups excluding carboxylic acids is 2. The van der Waals surface area contributed by atoms with Gasteiger partial charge in [0.1, 0.15) is 5.56 Å². The number of amides is 2. The average Bonchev–Trinajstić information content (AvgIpc) is 3.12. The van der Waals surface area contributed by atoms with Crippen molar-refractivity contribution in [3.63, 3.8) is 0 Å². The van der Waals surface area contributed by atoms with E-state index in [9.17, 15) is 9.59 Å². The summed E-state index contributed by atoms with van der Waals surface area (Å²) in [7, 11) is 0. The monoisotopic (exact) mass is 413 g/mol. The van der Waals surface area contributed by atoms with Crippen molar-refractivity contribution >= 4 is 28.8 Å². The van der Waals surface area contributed by atoms with Crippen LogP contribution in [0.5, 0.6) is 0 Å². The van der Waals surface area contributed by atoms with Crippen LogP contribution in [0.4, 0.5) is 11.4 Å². The molecule has 0 unspecified atom stereocenters. The van der Waals surface area contributed by atoms with Crippen LogP contribution < -0.4 is 10.2 Å². The molecule has 0 aliphatic carbocycles. The van der Waals surface area contributed by atoms with Crippen LogP contribution in [-0.4, -0.2) is 33.0 Å². The molecule has 1 N–H and O–H groups in total. The molecule has 7 nitrogen and oxygen atoms in total. The molecule has 7 heteroatoms. The molecule has 0 radical (unpaired) electrons. The average molecular weight is 413 g/mol. The van der Waals surface area contributed by atoms with Crippen LogP contribution in [0, 0.1) is 6.92 Å². The molecule has 0 atom stereocenters. The Hall–Kier alpha value is -4.00. The van der Waals surface area contributed by atoms with E-state index in [1.165, 1.54) is 0 Å². The molecule has 2 aromatic heterocycles. The van der Waals surface area contributed by atoms with Crippen molar-refractivity contribution < 1.29 is 9.59 Å². The van der Waals surface area contributed by atoms with Gasteiger partial charge < -0.3 is 10.2 Å². The summed E-state index contributed by atoms with van der Waals surface area (Å²) >= 11 is 0. The van der Waals surface area contributed by atoms with Crippen LogP contribution >= 0.6 is 0 Å². The maximum Gasteiger partial charge on any atom is 0.261 e. The number of benzene rings is 2. The number of hydrogen-bond acceptors (Lipinski definition) is 4. The Bertz CT molecular complexity index is 1220. The number of nitrogens with one attached hydrogen (secondary N) is 1. The third kappa shape index (κ3) is 4.30. The number of hydrogen-bond donors (Lipinski definition) is 1. The molecule has 2 heterocycles. The highest BCUT2D eigenvalue weighted by Gasteiger charge is 2.18. The lowest BCUT2D eigenvalue weighted by Crippen LogP contribution is -2.31. The second-order valence-corrected chi connectivity index (χ2v) is 7.15. The molecular formula is C24H23N5O2. The van der Waals surface area contributed by atoms with Gasteiger partial charge in [0.2, 0.25) is 5.91 Å². The number of rotatable bonds is 6. The highest BCUT2D eigenvalue weighted by atomic mass is 16.2. The van der Waals surface area contributed by atoms with Crippen LogP contribution in [0.3, 0.4) is 0 Å². The number of aromatic nitrogens is 3. The molecular weight excluding hydrogens is 390 g/mol. The van der Waals surface area contributed by atoms with E-state index < -0.39 is 0 Å². The SMILES string of the molecule is CCN(C(=O)Cc1ccc(NC(=O)c2c(C)nn3cccnc23)cc1)c1ccccc1. The zero-order valence-corrected chi connectivity index (χ0v) is 17.4. The van der Waals surface area contributed by atoms with Gasteiger partial charge in [-0.1, -0.05) is 30.3 Å². The first-order chi connectivity index (χ1) is 15.1. The van der Waals surface area contributed by atoms with Crippen molar-refractivity contribution in [1.29, 1.82) is 0 Å². The Labute approximate surface area is 180 Å². The van der Waals surface area contributed by atoms with Crippen molar-refractivity contribution in [2.75, 3.05) is 16.8 Å². The number of carbonyl (C=O) groups is 2. The first kappa shape index (κ1) is 20.3. The topological polar surface area (TPSA) is 79.6 Å². The smallest absolute Gasteiger partial charge is 0.261 e. The lowest BCUT2D eigenvalue weighted by atomic mass is 10.1. The molecule has 0 fully saturated rings. The van der Waals surface area contributed by atoms with E-state index in [2.05, 4.69) is 15.4 Å². The molecule has 2 amide bonds. The number of anilines is 2. The Balaban J connectivity index is 1.45. The Morgan fingerprint density at radius 3 is 2.48 bits per heavy atom. The summed E-state index contributed by atoms with van der Waals surface area (Å²) in [4.78, 5) is 31.6. The molecule has 0 spiro atoms. The fourth-order valence-electron chi connectivity index (χ4n) is 3.54. The summed E-state index contributed by atoms with van der Waals surface area (Å²) in [6.45, 7) is 4.34. The molecule has 31 heavy (non-hydrogen) atoms. The highest BCUT2D eigenvalue weighted by Crippen LogP contribution is 2.18. The largest absolute Gasteiger partial charge is 0.322 e. The number of nitrogens with zero attached hydrogens (tertiary/aromatic N) is 4. The van der Waals surface area contributed by atoms with E-state index >= 15 is 0 Å². The second-order valence-electron chi connectivity index (χ2n) is 7.15. The van der Waals surface area contributed by atoms with Gasteiger partial charge in [-0.15, -0.1) is 0 Å². The molecule has 0 saturated carbocycles. The molecule has 0 bridgehead atoms. The van der Waals surface area contributed by atoms with E-state index in [0.29, 0.717) is 29.1 Å². The molecule has 0 aliphatic rings. The molecule has 156 valence electrons. The standard InChI is InChI=1S/C24H23N5O2/c1-3-28(20-8-5-4-6-9-20)21(30)16-18-10-12-19(13-11-18)26-24(31)22-17(2)27-29-15-7-14-25-23(22)29/h4-15H,3,16H2,1-2H3,(H,26,31). The van der Waals surface area contributed by atoms with Gasteiger partial charge >= 0.3 is 0 Å². The lowest BCUT2D eigenvalue weighted by Gasteiger charge is -2.21. The minimum atomic E-state index is -0.267. The zero-order valence-electron chi connectivity index (χ0n) is 17.4. The molecule has 2 aromatic carbocycles. The molecule has 4 rings (SSSR count). The number of likely N-dealkylation sites (N-methyl/N-ethyl adjacent to an activating group) is 1. The normalized spacial score (nSPS) is 10.8. The summed E-state index contributed by atoms with van der Waals surface area (Å²) in [6.07, 6.45) is 3.68. The van der Waals surface area contributed by atoms with Gasteiger partial charge in [0.05, 0.1) is 12.1 Å². The van der Waals surface area contributed by atoms with Gasteiger partial charge in [-0.2, -0.15) is 5.10 Å². The predicted octanol–water partition coefficient (Wildman–Crippen LogP) is 3.89. The number of fused-ring (bicyclic) bond motifs is 1. The van der Waals surface area contributed by atoms with Gasteiger partial charge in [0, 0.05) is 30.3 Å². The summed E-state index contributed by atoms with van der Waals surface area (Å²) in [5, 5.41) is 7.21. The van der Waals surface area contributed by atoms with Crippen molar-refractivity contribution in [2.24, 2.45) is 0 Å². The number of aryl methyl sites for hydroxylation is 1. The van der Waals surface area contributed by atoms with Gasteiger partial charge in [-0.25, -0.2) is 9.50 Å². The summed E-state index contributed by atoms with van der Waals surface area (Å²) < 4.78 is 1.59. The maximum absolute atomic E-state index is 12.8. The van der Waals surface area contributed by atoms with Gasteiger partial charge in [0.15, 0.2) is 5.65 Å². The number of para-hydroxylation sites is 1. The lowest BCUT2D eigenvalue weighted by molar-refractivity contribution is -0.117. The third-order valence-corrected chi connectivity index (χ3v) is 5.05. The van der Waals surface area contributed by atoms with Gasteiger partial charge in [-0.05, 0) is 49.7 Å².